The number of fused-ring (bicyclic) bond motifs is 1. The van der Waals surface area contributed by atoms with Crippen molar-refractivity contribution in [2.75, 3.05) is 0 Å². The molecule has 0 aromatic heterocycles. The molecule has 2 aliphatic carbocycles. The molecule has 11 heteroatoms. The molecule has 0 bridgehead atoms. The summed E-state index contributed by atoms with van der Waals surface area (Å²) in [6, 6.07) is 4.89. The average molecular weight is 589 g/mol. The summed E-state index contributed by atoms with van der Waals surface area (Å²) in [5.74, 6) is -3.88. The fourth-order valence-corrected chi connectivity index (χ4v) is 5.34. The Bertz CT molecular complexity index is 1120. The van der Waals surface area contributed by atoms with E-state index in [0.717, 1.165) is 0 Å². The minimum absolute atomic E-state index is 0.0737. The highest BCUT2D eigenvalue weighted by molar-refractivity contribution is 6.42. The molecule has 218 valence electrons. The minimum atomic E-state index is -1.95. The van der Waals surface area contributed by atoms with Gasteiger partial charge in [-0.15, -0.1) is 0 Å². The van der Waals surface area contributed by atoms with Gasteiger partial charge in [0.2, 0.25) is 0 Å². The lowest BCUT2D eigenvalue weighted by Crippen LogP contribution is -2.67. The van der Waals surface area contributed by atoms with E-state index in [1.807, 2.05) is 0 Å². The molecule has 2 N–H and O–H groups in total. The topological polar surface area (TPSA) is 120 Å². The van der Waals surface area contributed by atoms with Crippen LogP contribution in [-0.2, 0) is 35.1 Å². The van der Waals surface area contributed by atoms with Crippen molar-refractivity contribution in [2.24, 2.45) is 17.8 Å². The Balaban J connectivity index is 2.05. The monoisotopic (exact) mass is 587 g/mol. The lowest BCUT2D eigenvalue weighted by atomic mass is 9.86. The van der Waals surface area contributed by atoms with Crippen molar-refractivity contribution in [3.63, 3.8) is 0 Å². The SMILES string of the molecule is CC(C)(C)OC(=O)NC1(C(=O)OC(C)(C)C)C(OCc2ccc(Cl)c(Cl)c2)C(O)C2C(C(=O)OC(C)(C)C)C21. The van der Waals surface area contributed by atoms with E-state index in [-0.39, 0.29) is 6.61 Å². The standard InChI is InChI=1S/C28H39Cl2NO8/c1-25(2,3)37-22(33)18-17-19(18)28(23(34)38-26(4,5)6,31-24(35)39-27(7,8)9)21(20(17)32)36-13-14-10-11-15(29)16(30)12-14/h10-12,17-21,32H,13H2,1-9H3,(H,31,35). The predicted octanol–water partition coefficient (Wildman–Crippen LogP) is 5.06. The fourth-order valence-electron chi connectivity index (χ4n) is 5.02. The maximum Gasteiger partial charge on any atom is 0.408 e. The lowest BCUT2D eigenvalue weighted by Gasteiger charge is -2.40. The van der Waals surface area contributed by atoms with Crippen LogP contribution < -0.4 is 5.32 Å². The summed E-state index contributed by atoms with van der Waals surface area (Å²) in [5.41, 5.74) is -3.96. The highest BCUT2D eigenvalue weighted by atomic mass is 35.5. The van der Waals surface area contributed by atoms with Gasteiger partial charge in [-0.2, -0.15) is 0 Å². The summed E-state index contributed by atoms with van der Waals surface area (Å²) in [4.78, 5) is 40.3. The molecule has 2 fully saturated rings. The first kappa shape index (κ1) is 31.5. The smallest absolute Gasteiger partial charge is 0.408 e. The highest BCUT2D eigenvalue weighted by Crippen LogP contribution is 2.64. The first-order valence-electron chi connectivity index (χ1n) is 12.9. The third kappa shape index (κ3) is 7.17. The van der Waals surface area contributed by atoms with Crippen molar-refractivity contribution < 1.29 is 38.4 Å². The van der Waals surface area contributed by atoms with Gasteiger partial charge in [-0.3, -0.25) is 4.79 Å². The summed E-state index contributed by atoms with van der Waals surface area (Å²) in [6.45, 7) is 15.2. The Morgan fingerprint density at radius 1 is 0.897 bits per heavy atom. The second-order valence-electron chi connectivity index (χ2n) is 13.1. The first-order chi connectivity index (χ1) is 17.7. The van der Waals surface area contributed by atoms with E-state index in [9.17, 15) is 19.5 Å². The van der Waals surface area contributed by atoms with Gasteiger partial charge in [0.25, 0.3) is 0 Å². The molecule has 9 nitrogen and oxygen atoms in total. The second-order valence-corrected chi connectivity index (χ2v) is 13.9. The molecule has 6 atom stereocenters. The van der Waals surface area contributed by atoms with E-state index in [0.29, 0.717) is 15.6 Å². The van der Waals surface area contributed by atoms with Gasteiger partial charge in [-0.1, -0.05) is 29.3 Å². The maximum absolute atomic E-state index is 14.0. The van der Waals surface area contributed by atoms with Crippen LogP contribution in [0, 0.1) is 17.8 Å². The van der Waals surface area contributed by atoms with Crippen LogP contribution in [0.4, 0.5) is 4.79 Å². The molecule has 2 saturated carbocycles. The van der Waals surface area contributed by atoms with E-state index in [2.05, 4.69) is 5.32 Å². The Morgan fingerprint density at radius 2 is 1.46 bits per heavy atom. The summed E-state index contributed by atoms with van der Waals surface area (Å²) < 4.78 is 23.0. The zero-order valence-electron chi connectivity index (χ0n) is 23.9. The molecule has 6 unspecified atom stereocenters. The van der Waals surface area contributed by atoms with Crippen LogP contribution in [0.3, 0.4) is 0 Å². The number of aliphatic hydroxyl groups excluding tert-OH is 1. The van der Waals surface area contributed by atoms with E-state index in [1.54, 1.807) is 80.5 Å². The summed E-state index contributed by atoms with van der Waals surface area (Å²) in [6.07, 6.45) is -3.50. The number of hydrogen-bond donors (Lipinski definition) is 2. The predicted molar refractivity (Wildman–Crippen MR) is 145 cm³/mol. The molecule has 1 aromatic rings. The molecule has 0 aliphatic heterocycles. The summed E-state index contributed by atoms with van der Waals surface area (Å²) in [7, 11) is 0. The number of esters is 2. The Kier molecular flexibility index (Phi) is 8.65. The van der Waals surface area contributed by atoms with Gasteiger partial charge in [0.15, 0.2) is 5.54 Å². The normalized spacial score (nSPS) is 28.4. The molecule has 39 heavy (non-hydrogen) atoms. The number of ether oxygens (including phenoxy) is 4. The van der Waals surface area contributed by atoms with Crippen LogP contribution in [0.5, 0.6) is 0 Å². The fraction of sp³-hybridized carbons (Fsp3) is 0.679. The third-order valence-electron chi connectivity index (χ3n) is 6.29. The van der Waals surface area contributed by atoms with Crippen molar-refractivity contribution in [1.82, 2.24) is 5.32 Å². The van der Waals surface area contributed by atoms with Crippen LogP contribution in [0.25, 0.3) is 0 Å². The number of benzene rings is 1. The van der Waals surface area contributed by atoms with E-state index in [1.165, 1.54) is 0 Å². The molecule has 1 aromatic carbocycles. The number of aliphatic hydroxyl groups is 1. The van der Waals surface area contributed by atoms with Crippen LogP contribution in [-0.4, -0.2) is 57.7 Å². The average Bonchev–Trinajstić information content (AvgIpc) is 3.42. The number of nitrogens with one attached hydrogen (secondary N) is 1. The van der Waals surface area contributed by atoms with Gasteiger partial charge in [0.1, 0.15) is 22.9 Å². The number of halogens is 2. The van der Waals surface area contributed by atoms with E-state index >= 15 is 0 Å². The van der Waals surface area contributed by atoms with Gasteiger partial charge >= 0.3 is 18.0 Å². The Labute approximate surface area is 239 Å². The van der Waals surface area contributed by atoms with Crippen LogP contribution >= 0.6 is 23.2 Å². The number of carbonyl (C=O) groups excluding carboxylic acids is 3. The molecule has 2 aliphatic rings. The van der Waals surface area contributed by atoms with Crippen LogP contribution in [0.15, 0.2) is 18.2 Å². The second kappa shape index (κ2) is 10.7. The highest BCUT2D eigenvalue weighted by Gasteiger charge is 2.81. The summed E-state index contributed by atoms with van der Waals surface area (Å²) >= 11 is 12.2. The zero-order valence-corrected chi connectivity index (χ0v) is 25.4. The van der Waals surface area contributed by atoms with Crippen LogP contribution in [0.2, 0.25) is 10.0 Å². The molecule has 1 amide bonds. The molecule has 0 heterocycles. The number of hydrogen-bond acceptors (Lipinski definition) is 8. The lowest BCUT2D eigenvalue weighted by molar-refractivity contribution is -0.178. The van der Waals surface area contributed by atoms with Crippen molar-refractivity contribution in [1.29, 1.82) is 0 Å². The van der Waals surface area contributed by atoms with Gasteiger partial charge in [-0.05, 0) is 80.0 Å². The van der Waals surface area contributed by atoms with Gasteiger partial charge in [0, 0.05) is 11.8 Å². The molecule has 0 saturated heterocycles. The molecule has 0 spiro atoms. The zero-order chi connectivity index (χ0) is 29.7. The molecule has 0 radical (unpaired) electrons. The number of amides is 1. The summed E-state index contributed by atoms with van der Waals surface area (Å²) in [5, 5.41) is 14.8. The maximum atomic E-state index is 14.0. The van der Waals surface area contributed by atoms with Crippen molar-refractivity contribution in [3.05, 3.63) is 33.8 Å². The molecular weight excluding hydrogens is 549 g/mol. The Hall–Kier alpha value is -2.07. The quantitative estimate of drug-likeness (QED) is 0.350. The number of alkyl carbamates (subject to hydrolysis) is 1. The van der Waals surface area contributed by atoms with Gasteiger partial charge in [-0.25, -0.2) is 9.59 Å². The Morgan fingerprint density at radius 3 is 1.97 bits per heavy atom. The largest absolute Gasteiger partial charge is 0.460 e. The minimum Gasteiger partial charge on any atom is -0.460 e. The van der Waals surface area contributed by atoms with E-state index in [4.69, 9.17) is 42.1 Å². The number of carbonyl (C=O) groups is 3. The first-order valence-corrected chi connectivity index (χ1v) is 13.6. The van der Waals surface area contributed by atoms with Crippen molar-refractivity contribution >= 4 is 41.2 Å². The molecule has 3 rings (SSSR count). The third-order valence-corrected chi connectivity index (χ3v) is 7.03. The molecular formula is C28H39Cl2NO8. The number of rotatable bonds is 6. The van der Waals surface area contributed by atoms with Crippen LogP contribution in [0.1, 0.15) is 67.9 Å². The van der Waals surface area contributed by atoms with Gasteiger partial charge in [0.05, 0.1) is 28.7 Å². The van der Waals surface area contributed by atoms with Crippen molar-refractivity contribution in [3.8, 4) is 0 Å². The van der Waals surface area contributed by atoms with E-state index < -0.39 is 70.3 Å². The van der Waals surface area contributed by atoms with Crippen molar-refractivity contribution in [2.45, 2.75) is 103 Å². The van der Waals surface area contributed by atoms with Gasteiger partial charge < -0.3 is 29.4 Å².